The van der Waals surface area contributed by atoms with Crippen LogP contribution in [0.3, 0.4) is 0 Å². The molecule has 0 N–H and O–H groups in total. The molecule has 2 aliphatic rings. The summed E-state index contributed by atoms with van der Waals surface area (Å²) in [6, 6.07) is 0. The Morgan fingerprint density at radius 1 is 1.00 bits per heavy atom. The van der Waals surface area contributed by atoms with Gasteiger partial charge in [-0.3, -0.25) is 0 Å². The standard InChI is InChI=1S/C12H14F6O3/c1-9(5-3-2-4-6-9)7-8(19)21-10(20-7,11(13,14)15)12(16,17)18/h7H,2-6H2,1H3. The molecule has 9 heteroatoms. The molecule has 1 aliphatic carbocycles. The highest BCUT2D eigenvalue weighted by Gasteiger charge is 2.81. The van der Waals surface area contributed by atoms with Crippen molar-refractivity contribution in [2.24, 2.45) is 5.41 Å². The summed E-state index contributed by atoms with van der Waals surface area (Å²) >= 11 is 0. The molecule has 0 radical (unpaired) electrons. The van der Waals surface area contributed by atoms with Crippen LogP contribution in [0.4, 0.5) is 26.3 Å². The average Bonchev–Trinajstić information content (AvgIpc) is 2.69. The third-order valence-electron chi connectivity index (χ3n) is 4.12. The summed E-state index contributed by atoms with van der Waals surface area (Å²) < 4.78 is 84.9. The molecule has 0 bridgehead atoms. The molecule has 3 nitrogen and oxygen atoms in total. The van der Waals surface area contributed by atoms with Crippen molar-refractivity contribution in [3.63, 3.8) is 0 Å². The Bertz CT molecular complexity index is 408. The Balaban J connectivity index is 2.36. The smallest absolute Gasteiger partial charge is 0.414 e. The van der Waals surface area contributed by atoms with Crippen molar-refractivity contribution in [2.45, 2.75) is 63.3 Å². The number of cyclic esters (lactones) is 1. The van der Waals surface area contributed by atoms with Gasteiger partial charge in [0, 0.05) is 5.41 Å². The largest absolute Gasteiger partial charge is 0.465 e. The van der Waals surface area contributed by atoms with Crippen molar-refractivity contribution >= 4 is 5.97 Å². The first-order chi connectivity index (χ1) is 9.43. The summed E-state index contributed by atoms with van der Waals surface area (Å²) in [6.07, 6.45) is -10.9. The van der Waals surface area contributed by atoms with Gasteiger partial charge in [-0.05, 0) is 12.8 Å². The van der Waals surface area contributed by atoms with E-state index in [1.165, 1.54) is 6.92 Å². The minimum Gasteiger partial charge on any atom is -0.414 e. The quantitative estimate of drug-likeness (QED) is 0.546. The van der Waals surface area contributed by atoms with E-state index in [0.717, 1.165) is 6.42 Å². The summed E-state index contributed by atoms with van der Waals surface area (Å²) in [4.78, 5) is 11.6. The number of rotatable bonds is 1. The zero-order chi connectivity index (χ0) is 16.1. The molecule has 2 fully saturated rings. The topological polar surface area (TPSA) is 35.5 Å². The van der Waals surface area contributed by atoms with E-state index in [-0.39, 0.29) is 0 Å². The molecule has 1 saturated carbocycles. The number of hydrogen-bond donors (Lipinski definition) is 0. The Hall–Kier alpha value is -0.990. The molecular weight excluding hydrogens is 306 g/mol. The Morgan fingerprint density at radius 2 is 1.48 bits per heavy atom. The average molecular weight is 320 g/mol. The molecule has 0 amide bonds. The second-order valence-electron chi connectivity index (χ2n) is 5.75. The first kappa shape index (κ1) is 16.4. The van der Waals surface area contributed by atoms with Crippen LogP contribution in [0.25, 0.3) is 0 Å². The summed E-state index contributed by atoms with van der Waals surface area (Å²) in [6.45, 7) is 1.46. The van der Waals surface area contributed by atoms with Crippen LogP contribution in [0, 0.1) is 5.41 Å². The molecule has 21 heavy (non-hydrogen) atoms. The normalized spacial score (nSPS) is 29.3. The lowest BCUT2D eigenvalue weighted by atomic mass is 9.72. The Labute approximate surface area is 116 Å². The minimum absolute atomic E-state index is 0.318. The minimum atomic E-state index is -5.89. The fourth-order valence-corrected chi connectivity index (χ4v) is 2.89. The lowest BCUT2D eigenvalue weighted by Crippen LogP contribution is -2.58. The zero-order valence-corrected chi connectivity index (χ0v) is 11.1. The maximum atomic E-state index is 12.8. The van der Waals surface area contributed by atoms with Gasteiger partial charge in [0.25, 0.3) is 0 Å². The van der Waals surface area contributed by atoms with Crippen LogP contribution in [0.5, 0.6) is 0 Å². The predicted octanol–water partition coefficient (Wildman–Crippen LogP) is 3.72. The van der Waals surface area contributed by atoms with Crippen LogP contribution in [0.1, 0.15) is 39.0 Å². The fourth-order valence-electron chi connectivity index (χ4n) is 2.89. The molecule has 1 unspecified atom stereocenters. The number of ether oxygens (including phenoxy) is 2. The number of hydrogen-bond acceptors (Lipinski definition) is 3. The molecule has 122 valence electrons. The van der Waals surface area contributed by atoms with E-state index >= 15 is 0 Å². The van der Waals surface area contributed by atoms with E-state index in [0.29, 0.717) is 25.7 Å². The third kappa shape index (κ3) is 2.49. The zero-order valence-electron chi connectivity index (χ0n) is 11.1. The second-order valence-corrected chi connectivity index (χ2v) is 5.75. The van der Waals surface area contributed by atoms with Crippen LogP contribution in [0.15, 0.2) is 0 Å². The van der Waals surface area contributed by atoms with Gasteiger partial charge in [-0.15, -0.1) is 0 Å². The summed E-state index contributed by atoms with van der Waals surface area (Å²) in [5.41, 5.74) is -1.08. The van der Waals surface area contributed by atoms with Crippen molar-refractivity contribution in [3.05, 3.63) is 0 Å². The van der Waals surface area contributed by atoms with Crippen LogP contribution in [-0.2, 0) is 14.3 Å². The molecule has 1 atom stereocenters. The van der Waals surface area contributed by atoms with Crippen LogP contribution >= 0.6 is 0 Å². The van der Waals surface area contributed by atoms with E-state index in [4.69, 9.17) is 0 Å². The Morgan fingerprint density at radius 3 is 1.86 bits per heavy atom. The molecule has 2 rings (SSSR count). The van der Waals surface area contributed by atoms with Gasteiger partial charge in [-0.25, -0.2) is 4.79 Å². The lowest BCUT2D eigenvalue weighted by molar-refractivity contribution is -0.442. The fraction of sp³-hybridized carbons (Fsp3) is 0.917. The van der Waals surface area contributed by atoms with Gasteiger partial charge in [-0.2, -0.15) is 26.3 Å². The number of carbonyl (C=O) groups excluding carboxylic acids is 1. The number of esters is 1. The number of carbonyl (C=O) groups is 1. The SMILES string of the molecule is CC1(C2OC(C(F)(F)F)(C(F)(F)F)OC2=O)CCCCC1. The molecule has 1 heterocycles. The van der Waals surface area contributed by atoms with Crippen molar-refractivity contribution in [3.8, 4) is 0 Å². The van der Waals surface area contributed by atoms with E-state index in [9.17, 15) is 31.1 Å². The van der Waals surface area contributed by atoms with Crippen molar-refractivity contribution in [1.82, 2.24) is 0 Å². The van der Waals surface area contributed by atoms with Gasteiger partial charge in [0.1, 0.15) is 0 Å². The van der Waals surface area contributed by atoms with Gasteiger partial charge in [0.15, 0.2) is 6.10 Å². The number of halogens is 6. The van der Waals surface area contributed by atoms with E-state index < -0.39 is 35.6 Å². The summed E-state index contributed by atoms with van der Waals surface area (Å²) in [5, 5.41) is 0. The lowest BCUT2D eigenvalue weighted by Gasteiger charge is -2.37. The molecule has 0 spiro atoms. The van der Waals surface area contributed by atoms with Crippen molar-refractivity contribution in [1.29, 1.82) is 0 Å². The molecule has 0 aromatic carbocycles. The maximum Gasteiger partial charge on any atom is 0.465 e. The molecule has 0 aromatic rings. The Kier molecular flexibility index (Phi) is 3.71. The van der Waals surface area contributed by atoms with E-state index in [1.807, 2.05) is 0 Å². The van der Waals surface area contributed by atoms with Crippen LogP contribution < -0.4 is 0 Å². The highest BCUT2D eigenvalue weighted by atomic mass is 19.4. The van der Waals surface area contributed by atoms with E-state index in [1.54, 1.807) is 0 Å². The van der Waals surface area contributed by atoms with Crippen LogP contribution in [-0.4, -0.2) is 30.2 Å². The molecular formula is C12H14F6O3. The predicted molar refractivity (Wildman–Crippen MR) is 57.0 cm³/mol. The summed E-state index contributed by atoms with van der Waals surface area (Å²) in [5.74, 6) is -6.46. The van der Waals surface area contributed by atoms with Gasteiger partial charge in [0.2, 0.25) is 0 Å². The van der Waals surface area contributed by atoms with Gasteiger partial charge in [-0.1, -0.05) is 26.2 Å². The van der Waals surface area contributed by atoms with Crippen LogP contribution in [0.2, 0.25) is 0 Å². The molecule has 0 aromatic heterocycles. The molecule has 1 aliphatic heterocycles. The third-order valence-corrected chi connectivity index (χ3v) is 4.12. The van der Waals surface area contributed by atoms with Gasteiger partial charge >= 0.3 is 24.1 Å². The summed E-state index contributed by atoms with van der Waals surface area (Å²) in [7, 11) is 0. The highest BCUT2D eigenvalue weighted by molar-refractivity contribution is 5.78. The van der Waals surface area contributed by atoms with E-state index in [2.05, 4.69) is 9.47 Å². The number of alkyl halides is 6. The van der Waals surface area contributed by atoms with Gasteiger partial charge < -0.3 is 9.47 Å². The van der Waals surface area contributed by atoms with Crippen molar-refractivity contribution < 1.29 is 40.6 Å². The maximum absolute atomic E-state index is 12.8. The van der Waals surface area contributed by atoms with Crippen molar-refractivity contribution in [2.75, 3.05) is 0 Å². The second kappa shape index (κ2) is 4.76. The first-order valence-electron chi connectivity index (χ1n) is 6.47. The monoisotopic (exact) mass is 320 g/mol. The first-order valence-corrected chi connectivity index (χ1v) is 6.47. The molecule has 1 saturated heterocycles. The highest BCUT2D eigenvalue weighted by Crippen LogP contribution is 2.54. The van der Waals surface area contributed by atoms with Gasteiger partial charge in [0.05, 0.1) is 0 Å².